The van der Waals surface area contributed by atoms with E-state index < -0.39 is 15.9 Å². The largest absolute Gasteiger partial charge is 0.272 e. The van der Waals surface area contributed by atoms with Crippen LogP contribution in [0.4, 0.5) is 0 Å². The van der Waals surface area contributed by atoms with Crippen molar-refractivity contribution in [3.8, 4) is 0 Å². The smallest absolute Gasteiger partial charge is 0.255 e. The van der Waals surface area contributed by atoms with E-state index >= 15 is 0 Å². The first-order valence-electron chi connectivity index (χ1n) is 7.97. The summed E-state index contributed by atoms with van der Waals surface area (Å²) in [5.41, 5.74) is 4.03. The quantitative estimate of drug-likeness (QED) is 0.580. The first kappa shape index (κ1) is 20.1. The van der Waals surface area contributed by atoms with Gasteiger partial charge in [-0.1, -0.05) is 48.9 Å². The maximum Gasteiger partial charge on any atom is 0.255 e. The molecular formula is C18H20ClN3O3S. The van der Waals surface area contributed by atoms with E-state index in [1.807, 2.05) is 37.3 Å². The molecule has 0 atom stereocenters. The number of nitrogens with one attached hydrogen (secondary N) is 1. The van der Waals surface area contributed by atoms with Gasteiger partial charge >= 0.3 is 0 Å². The van der Waals surface area contributed by atoms with Crippen LogP contribution < -0.4 is 5.43 Å². The lowest BCUT2D eigenvalue weighted by Gasteiger charge is -2.16. The first-order valence-corrected chi connectivity index (χ1v) is 9.79. The van der Waals surface area contributed by atoms with Crippen LogP contribution in [0.25, 0.3) is 0 Å². The number of hydrogen-bond acceptors (Lipinski definition) is 4. The molecule has 2 rings (SSSR count). The van der Waals surface area contributed by atoms with Crippen molar-refractivity contribution in [1.29, 1.82) is 0 Å². The van der Waals surface area contributed by atoms with E-state index in [-0.39, 0.29) is 11.4 Å². The summed E-state index contributed by atoms with van der Waals surface area (Å²) in [5, 5.41) is 4.55. The number of hydrogen-bond donors (Lipinski definition) is 1. The fourth-order valence-corrected chi connectivity index (χ4v) is 3.47. The number of nitrogens with zero attached hydrogens (tertiary/aromatic N) is 2. The summed E-state index contributed by atoms with van der Waals surface area (Å²) >= 11 is 5.77. The molecule has 8 heteroatoms. The average Bonchev–Trinajstić information content (AvgIpc) is 2.63. The topological polar surface area (TPSA) is 78.8 Å². The maximum atomic E-state index is 12.5. The van der Waals surface area contributed by atoms with Crippen molar-refractivity contribution in [2.24, 2.45) is 5.10 Å². The van der Waals surface area contributed by atoms with Crippen molar-refractivity contribution in [2.45, 2.75) is 18.2 Å². The van der Waals surface area contributed by atoms with Gasteiger partial charge < -0.3 is 0 Å². The van der Waals surface area contributed by atoms with Crippen LogP contribution in [0, 0.1) is 0 Å². The van der Waals surface area contributed by atoms with E-state index in [9.17, 15) is 13.2 Å². The highest BCUT2D eigenvalue weighted by Crippen LogP contribution is 2.17. The van der Waals surface area contributed by atoms with Crippen LogP contribution in [0.2, 0.25) is 5.02 Å². The Balaban J connectivity index is 2.04. The van der Waals surface area contributed by atoms with Crippen molar-refractivity contribution >= 4 is 33.2 Å². The lowest BCUT2D eigenvalue weighted by atomic mass is 10.1. The zero-order chi connectivity index (χ0) is 19.2. The molecule has 0 saturated carbocycles. The van der Waals surface area contributed by atoms with Gasteiger partial charge in [0, 0.05) is 12.1 Å². The van der Waals surface area contributed by atoms with Gasteiger partial charge in [-0.05, 0) is 36.2 Å². The number of carbonyl (C=O) groups excluding carboxylic acids is 1. The predicted octanol–water partition coefficient (Wildman–Crippen LogP) is 2.89. The Morgan fingerprint density at radius 3 is 2.31 bits per heavy atom. The van der Waals surface area contributed by atoms with Gasteiger partial charge in [-0.15, -0.1) is 0 Å². The summed E-state index contributed by atoms with van der Waals surface area (Å²) in [6.45, 7) is 1.58. The van der Waals surface area contributed by atoms with E-state index in [0.717, 1.165) is 9.87 Å². The summed E-state index contributed by atoms with van der Waals surface area (Å²) in [6, 6.07) is 15.2. The Kier molecular flexibility index (Phi) is 6.90. The van der Waals surface area contributed by atoms with Crippen molar-refractivity contribution in [3.05, 3.63) is 65.2 Å². The highest BCUT2D eigenvalue weighted by atomic mass is 35.5. The van der Waals surface area contributed by atoms with Gasteiger partial charge in [0.05, 0.1) is 17.2 Å². The van der Waals surface area contributed by atoms with E-state index in [2.05, 4.69) is 10.5 Å². The molecule has 2 aromatic carbocycles. The molecule has 1 amide bonds. The number of rotatable bonds is 7. The molecule has 0 heterocycles. The van der Waals surface area contributed by atoms with E-state index in [1.165, 1.54) is 31.3 Å². The van der Waals surface area contributed by atoms with Gasteiger partial charge in [0.2, 0.25) is 10.0 Å². The third-order valence-electron chi connectivity index (χ3n) is 3.65. The molecule has 0 unspecified atom stereocenters. The minimum atomic E-state index is -3.78. The summed E-state index contributed by atoms with van der Waals surface area (Å²) in [7, 11) is -2.44. The third-order valence-corrected chi connectivity index (χ3v) is 5.72. The van der Waals surface area contributed by atoms with E-state index in [0.29, 0.717) is 17.2 Å². The molecule has 2 aromatic rings. The molecule has 1 N–H and O–H groups in total. The minimum Gasteiger partial charge on any atom is -0.272 e. The average molecular weight is 394 g/mol. The summed E-state index contributed by atoms with van der Waals surface area (Å²) in [5.74, 6) is -0.521. The number of sulfonamides is 1. The Labute approximate surface area is 158 Å². The molecule has 0 aliphatic rings. The number of amides is 1. The van der Waals surface area contributed by atoms with Crippen LogP contribution in [0.5, 0.6) is 0 Å². The standard InChI is InChI=1S/C18H20ClN3O3S/c1-3-17(14-7-5-4-6-8-14)20-21-18(23)13-22(2)26(24,25)16-11-9-15(19)10-12-16/h4-12H,3,13H2,1-2H3,(H,21,23)/b20-17-. The lowest BCUT2D eigenvalue weighted by molar-refractivity contribution is -0.121. The van der Waals surface area contributed by atoms with Crippen molar-refractivity contribution in [1.82, 2.24) is 9.73 Å². The Hall–Kier alpha value is -2.22. The number of likely N-dealkylation sites (N-methyl/N-ethyl adjacent to an activating group) is 1. The zero-order valence-electron chi connectivity index (χ0n) is 14.5. The van der Waals surface area contributed by atoms with Crippen LogP contribution >= 0.6 is 11.6 Å². The van der Waals surface area contributed by atoms with Gasteiger partial charge in [-0.3, -0.25) is 4.79 Å². The Morgan fingerprint density at radius 2 is 1.73 bits per heavy atom. The van der Waals surface area contributed by atoms with Crippen LogP contribution in [-0.4, -0.2) is 37.9 Å². The summed E-state index contributed by atoms with van der Waals surface area (Å²) in [4.78, 5) is 12.2. The van der Waals surface area contributed by atoms with Crippen LogP contribution in [0.15, 0.2) is 64.6 Å². The molecule has 0 bridgehead atoms. The fourth-order valence-electron chi connectivity index (χ4n) is 2.22. The van der Waals surface area contributed by atoms with Crippen molar-refractivity contribution in [2.75, 3.05) is 13.6 Å². The number of halogens is 1. The van der Waals surface area contributed by atoms with Gasteiger partial charge in [0.1, 0.15) is 0 Å². The predicted molar refractivity (Wildman–Crippen MR) is 103 cm³/mol. The second-order valence-electron chi connectivity index (χ2n) is 5.53. The molecule has 6 nitrogen and oxygen atoms in total. The van der Waals surface area contributed by atoms with Crippen LogP contribution in [0.1, 0.15) is 18.9 Å². The third kappa shape index (κ3) is 5.14. The monoisotopic (exact) mass is 393 g/mol. The van der Waals surface area contributed by atoms with E-state index in [4.69, 9.17) is 11.6 Å². The summed E-state index contributed by atoms with van der Waals surface area (Å²) in [6.07, 6.45) is 0.628. The summed E-state index contributed by atoms with van der Waals surface area (Å²) < 4.78 is 25.9. The number of benzene rings is 2. The normalized spacial score (nSPS) is 12.2. The van der Waals surface area contributed by atoms with Crippen molar-refractivity contribution < 1.29 is 13.2 Å². The highest BCUT2D eigenvalue weighted by Gasteiger charge is 2.22. The molecule has 26 heavy (non-hydrogen) atoms. The van der Waals surface area contributed by atoms with Gasteiger partial charge in [0.25, 0.3) is 5.91 Å². The lowest BCUT2D eigenvalue weighted by Crippen LogP contribution is -2.37. The van der Waals surface area contributed by atoms with Gasteiger partial charge in [0.15, 0.2) is 0 Å². The molecule has 0 aliphatic carbocycles. The van der Waals surface area contributed by atoms with Crippen molar-refractivity contribution in [3.63, 3.8) is 0 Å². The van der Waals surface area contributed by atoms with Gasteiger partial charge in [-0.2, -0.15) is 9.41 Å². The SMILES string of the molecule is CC/C(=N/NC(=O)CN(C)S(=O)(=O)c1ccc(Cl)cc1)c1ccccc1. The minimum absolute atomic E-state index is 0.0687. The number of hydrazone groups is 1. The fraction of sp³-hybridized carbons (Fsp3) is 0.222. The first-order chi connectivity index (χ1) is 12.3. The zero-order valence-corrected chi connectivity index (χ0v) is 16.1. The molecule has 0 fully saturated rings. The van der Waals surface area contributed by atoms with Gasteiger partial charge in [-0.25, -0.2) is 13.8 Å². The molecule has 0 aromatic heterocycles. The highest BCUT2D eigenvalue weighted by molar-refractivity contribution is 7.89. The molecule has 0 aliphatic heterocycles. The molecule has 0 spiro atoms. The Morgan fingerprint density at radius 1 is 1.12 bits per heavy atom. The molecule has 138 valence electrons. The molecule has 0 radical (unpaired) electrons. The number of carbonyl (C=O) groups is 1. The Bertz CT molecular complexity index is 882. The molecule has 0 saturated heterocycles. The second kappa shape index (κ2) is 8.93. The van der Waals surface area contributed by atoms with E-state index in [1.54, 1.807) is 0 Å². The second-order valence-corrected chi connectivity index (χ2v) is 8.01. The maximum absolute atomic E-state index is 12.5. The van der Waals surface area contributed by atoms with Crippen LogP contribution in [-0.2, 0) is 14.8 Å². The van der Waals surface area contributed by atoms with Crippen LogP contribution in [0.3, 0.4) is 0 Å². The molecular weight excluding hydrogens is 374 g/mol.